The molecule has 3 N–H and O–H groups in total. The molecular weight excluding hydrogens is 426 g/mol. The van der Waals surface area contributed by atoms with E-state index >= 15 is 0 Å². The van der Waals surface area contributed by atoms with Crippen molar-refractivity contribution in [2.24, 2.45) is 17.6 Å². The van der Waals surface area contributed by atoms with Gasteiger partial charge in [-0.1, -0.05) is 26.0 Å². The first-order valence-electron chi connectivity index (χ1n) is 12.2. The molecule has 2 heterocycles. The molecule has 1 saturated heterocycles. The number of fused-ring (bicyclic) bond motifs is 1. The van der Waals surface area contributed by atoms with Crippen LogP contribution in [0.15, 0.2) is 42.5 Å². The molecule has 0 spiro atoms. The number of nitrogens with zero attached hydrogens (tertiary/aromatic N) is 2. The molecule has 0 bridgehead atoms. The van der Waals surface area contributed by atoms with E-state index in [0.717, 1.165) is 35.8 Å². The number of hydrogen-bond acceptors (Lipinski definition) is 5. The van der Waals surface area contributed by atoms with Gasteiger partial charge in [-0.3, -0.25) is 4.79 Å². The van der Waals surface area contributed by atoms with Crippen LogP contribution in [0.25, 0.3) is 0 Å². The van der Waals surface area contributed by atoms with Crippen molar-refractivity contribution >= 4 is 23.0 Å². The van der Waals surface area contributed by atoms with Crippen LogP contribution in [-0.2, 0) is 11.2 Å². The maximum Gasteiger partial charge on any atom is 0.310 e. The third-order valence-electron chi connectivity index (χ3n) is 5.62. The van der Waals surface area contributed by atoms with Crippen LogP contribution in [0, 0.1) is 11.8 Å². The maximum atomic E-state index is 11.1. The van der Waals surface area contributed by atoms with E-state index in [-0.39, 0.29) is 17.1 Å². The Balaban J connectivity index is 0.000000588. The lowest BCUT2D eigenvalue weighted by atomic mass is 9.98. The largest absolute Gasteiger partial charge is 0.484 e. The first-order chi connectivity index (χ1) is 15.7. The summed E-state index contributed by atoms with van der Waals surface area (Å²) < 4.78 is 6.33. The minimum absolute atomic E-state index is 0. The molecule has 34 heavy (non-hydrogen) atoms. The summed E-state index contributed by atoms with van der Waals surface area (Å²) >= 11 is 0. The summed E-state index contributed by atoms with van der Waals surface area (Å²) in [6.45, 7) is 16.5. The van der Waals surface area contributed by atoms with Crippen LogP contribution in [0.1, 0.15) is 54.0 Å². The Morgan fingerprint density at radius 2 is 1.76 bits per heavy atom. The molecule has 6 nitrogen and oxygen atoms in total. The maximum absolute atomic E-state index is 11.1. The summed E-state index contributed by atoms with van der Waals surface area (Å²) in [5.74, 6) is 0.558. The summed E-state index contributed by atoms with van der Waals surface area (Å²) in [5, 5.41) is 9.15. The highest BCUT2D eigenvalue weighted by Crippen LogP contribution is 2.43. The van der Waals surface area contributed by atoms with Crippen LogP contribution in [0.5, 0.6) is 5.75 Å². The van der Waals surface area contributed by atoms with Crippen molar-refractivity contribution in [1.29, 1.82) is 0 Å². The Morgan fingerprint density at radius 1 is 1.15 bits per heavy atom. The number of rotatable bonds is 5. The number of carboxylic acids is 1. The molecule has 0 aliphatic carbocycles. The third-order valence-corrected chi connectivity index (χ3v) is 5.62. The minimum Gasteiger partial charge on any atom is -0.484 e. The number of carboxylic acid groups (broad SMARTS) is 1. The number of nitrogens with two attached hydrogens (primary N) is 1. The van der Waals surface area contributed by atoms with E-state index in [2.05, 4.69) is 73.9 Å². The van der Waals surface area contributed by atoms with E-state index in [9.17, 15) is 4.79 Å². The predicted octanol–water partition coefficient (Wildman–Crippen LogP) is 5.46. The number of hydrogen-bond donors (Lipinski definition) is 2. The standard InChI is InChI=1S/C24H30N2O3.C4H11N/c1-16(2)10-17-8-9-21-22(11-17)29-24(3,4)15-26(21)20-7-5-6-19(12-20)25-13-18(14-25)23(27)28;1-4(2,3)5/h5-9,11-12,16,18H,10,13-15H2,1-4H3,(H,27,28);5H2,1-3H3. The fourth-order valence-electron chi connectivity index (χ4n) is 4.19. The number of benzene rings is 2. The highest BCUT2D eigenvalue weighted by molar-refractivity contribution is 5.77. The van der Waals surface area contributed by atoms with Gasteiger partial charge >= 0.3 is 5.97 Å². The van der Waals surface area contributed by atoms with E-state index in [0.29, 0.717) is 19.0 Å². The van der Waals surface area contributed by atoms with Crippen molar-refractivity contribution in [1.82, 2.24) is 0 Å². The van der Waals surface area contributed by atoms with Gasteiger partial charge in [0.1, 0.15) is 11.4 Å². The monoisotopic (exact) mass is 467 g/mol. The zero-order valence-corrected chi connectivity index (χ0v) is 21.8. The Bertz CT molecular complexity index is 998. The number of anilines is 3. The number of aliphatic carboxylic acids is 1. The fourth-order valence-corrected chi connectivity index (χ4v) is 4.19. The average Bonchev–Trinajstić information content (AvgIpc) is 2.63. The van der Waals surface area contributed by atoms with Gasteiger partial charge in [-0.15, -0.1) is 0 Å². The summed E-state index contributed by atoms with van der Waals surface area (Å²) in [6.07, 6.45) is 1.03. The molecule has 4 rings (SSSR count). The summed E-state index contributed by atoms with van der Waals surface area (Å²) in [7, 11) is 0. The van der Waals surface area contributed by atoms with Crippen LogP contribution in [-0.4, -0.2) is 41.9 Å². The van der Waals surface area contributed by atoms with Gasteiger partial charge in [-0.05, 0) is 82.9 Å². The Labute approximate surface area is 204 Å². The van der Waals surface area contributed by atoms with Gasteiger partial charge < -0.3 is 25.4 Å². The summed E-state index contributed by atoms with van der Waals surface area (Å²) in [4.78, 5) is 15.6. The van der Waals surface area contributed by atoms with Crippen LogP contribution in [0.4, 0.5) is 17.1 Å². The highest BCUT2D eigenvalue weighted by Gasteiger charge is 2.35. The lowest BCUT2D eigenvalue weighted by Gasteiger charge is -2.42. The molecule has 1 fully saturated rings. The fraction of sp³-hybridized carbons (Fsp3) is 0.536. The van der Waals surface area contributed by atoms with Crippen LogP contribution in [0.2, 0.25) is 0 Å². The number of carbonyl (C=O) groups is 1. The second kappa shape index (κ2) is 9.87. The highest BCUT2D eigenvalue weighted by atomic mass is 16.5. The van der Waals surface area contributed by atoms with Crippen LogP contribution in [0.3, 0.4) is 0 Å². The quantitative estimate of drug-likeness (QED) is 0.608. The van der Waals surface area contributed by atoms with Crippen molar-refractivity contribution < 1.29 is 14.6 Å². The predicted molar refractivity (Wildman–Crippen MR) is 140 cm³/mol. The molecule has 2 aromatic rings. The normalized spacial score (nSPS) is 17.3. The van der Waals surface area contributed by atoms with Crippen molar-refractivity contribution in [3.8, 4) is 5.75 Å². The van der Waals surface area contributed by atoms with Gasteiger partial charge in [-0.25, -0.2) is 0 Å². The lowest BCUT2D eigenvalue weighted by molar-refractivity contribution is -0.142. The second-order valence-electron chi connectivity index (χ2n) is 11.7. The van der Waals surface area contributed by atoms with E-state index in [1.54, 1.807) is 0 Å². The van der Waals surface area contributed by atoms with E-state index in [4.69, 9.17) is 15.6 Å². The summed E-state index contributed by atoms with van der Waals surface area (Å²) in [6, 6.07) is 14.9. The Kier molecular flexibility index (Phi) is 7.51. The number of ether oxygens (including phenoxy) is 1. The zero-order chi connectivity index (χ0) is 25.3. The zero-order valence-electron chi connectivity index (χ0n) is 21.8. The van der Waals surface area contributed by atoms with Crippen LogP contribution < -0.4 is 20.3 Å². The average molecular weight is 468 g/mol. The van der Waals surface area contributed by atoms with Gasteiger partial charge in [0.05, 0.1) is 18.2 Å². The minimum atomic E-state index is -0.710. The van der Waals surface area contributed by atoms with Crippen LogP contribution >= 0.6 is 0 Å². The summed E-state index contributed by atoms with van der Waals surface area (Å²) in [5.41, 5.74) is 9.61. The molecular formula is C28H41N3O3. The first-order valence-corrected chi connectivity index (χ1v) is 12.2. The Hall–Kier alpha value is -2.73. The van der Waals surface area contributed by atoms with Crippen molar-refractivity contribution in [3.05, 3.63) is 48.0 Å². The van der Waals surface area contributed by atoms with Crippen molar-refractivity contribution in [2.75, 3.05) is 29.4 Å². The van der Waals surface area contributed by atoms with E-state index in [1.165, 1.54) is 5.56 Å². The lowest BCUT2D eigenvalue weighted by Crippen LogP contribution is -2.50. The first kappa shape index (κ1) is 25.9. The van der Waals surface area contributed by atoms with Gasteiger partial charge in [0.2, 0.25) is 0 Å². The van der Waals surface area contributed by atoms with E-state index < -0.39 is 5.97 Å². The van der Waals surface area contributed by atoms with Gasteiger partial charge in [-0.2, -0.15) is 0 Å². The van der Waals surface area contributed by atoms with Crippen molar-refractivity contribution in [2.45, 2.75) is 66.0 Å². The molecule has 2 aromatic carbocycles. The second-order valence-corrected chi connectivity index (χ2v) is 11.7. The molecule has 0 amide bonds. The molecule has 0 saturated carbocycles. The Morgan fingerprint density at radius 3 is 2.35 bits per heavy atom. The molecule has 0 radical (unpaired) electrons. The topological polar surface area (TPSA) is 79.0 Å². The molecule has 2 aliphatic rings. The molecule has 2 aliphatic heterocycles. The van der Waals surface area contributed by atoms with Gasteiger partial charge in [0, 0.05) is 30.0 Å². The smallest absolute Gasteiger partial charge is 0.310 e. The van der Waals surface area contributed by atoms with Gasteiger partial charge in [0.25, 0.3) is 0 Å². The molecule has 0 unspecified atom stereocenters. The van der Waals surface area contributed by atoms with E-state index in [1.807, 2.05) is 26.8 Å². The molecule has 186 valence electrons. The molecule has 0 aromatic heterocycles. The van der Waals surface area contributed by atoms with Gasteiger partial charge in [0.15, 0.2) is 0 Å². The van der Waals surface area contributed by atoms with Crippen molar-refractivity contribution in [3.63, 3.8) is 0 Å². The third kappa shape index (κ3) is 6.89. The molecule has 6 heteroatoms. The SMILES string of the molecule is CC(C)(C)N.CC(C)Cc1ccc2c(c1)OC(C)(C)CN2c1cccc(N2CC(C(=O)O)C2)c1. The molecule has 0 atom stereocenters.